The van der Waals surface area contributed by atoms with Crippen LogP contribution in [0.2, 0.25) is 0 Å². The van der Waals surface area contributed by atoms with Gasteiger partial charge in [-0.1, -0.05) is 37.3 Å². The summed E-state index contributed by atoms with van der Waals surface area (Å²) in [4.78, 5) is 11.7. The number of hydrogen-bond donors (Lipinski definition) is 1. The van der Waals surface area contributed by atoms with Gasteiger partial charge in [0.1, 0.15) is 0 Å². The third-order valence-electron chi connectivity index (χ3n) is 2.54. The van der Waals surface area contributed by atoms with Crippen LogP contribution in [-0.2, 0) is 11.2 Å². The molecule has 1 amide bonds. The Bertz CT molecular complexity index is 295. The molecule has 0 aromatic heterocycles. The van der Waals surface area contributed by atoms with Crippen molar-refractivity contribution < 1.29 is 4.79 Å². The van der Waals surface area contributed by atoms with Crippen LogP contribution >= 0.6 is 0 Å². The summed E-state index contributed by atoms with van der Waals surface area (Å²) in [6.07, 6.45) is 1.73. The van der Waals surface area contributed by atoms with Crippen molar-refractivity contribution in [2.75, 3.05) is 6.54 Å². The SMILES string of the molecule is CCNC(=O)[C@@H](CC)Cc1ccccc1. The number of nitrogens with one attached hydrogen (secondary N) is 1. The molecule has 0 unspecified atom stereocenters. The molecule has 0 radical (unpaired) electrons. The molecule has 1 atom stereocenters. The normalized spacial score (nSPS) is 12.1. The minimum Gasteiger partial charge on any atom is -0.356 e. The predicted molar refractivity (Wildman–Crippen MR) is 62.6 cm³/mol. The maximum Gasteiger partial charge on any atom is 0.223 e. The molecule has 0 aliphatic carbocycles. The van der Waals surface area contributed by atoms with Gasteiger partial charge in [-0.3, -0.25) is 4.79 Å². The van der Waals surface area contributed by atoms with E-state index < -0.39 is 0 Å². The second-order valence-corrected chi connectivity index (χ2v) is 3.69. The predicted octanol–water partition coefficient (Wildman–Crippen LogP) is 2.39. The summed E-state index contributed by atoms with van der Waals surface area (Å²) in [7, 11) is 0. The fourth-order valence-corrected chi connectivity index (χ4v) is 1.64. The summed E-state index contributed by atoms with van der Waals surface area (Å²) >= 11 is 0. The van der Waals surface area contributed by atoms with Gasteiger partial charge in [0.25, 0.3) is 0 Å². The van der Waals surface area contributed by atoms with Crippen LogP contribution in [0, 0.1) is 5.92 Å². The standard InChI is InChI=1S/C13H19NO/c1-3-12(13(15)14-4-2)10-11-8-6-5-7-9-11/h5-9,12H,3-4,10H2,1-2H3,(H,14,15)/t12-/m0/s1. The van der Waals surface area contributed by atoms with Gasteiger partial charge in [0.2, 0.25) is 5.91 Å². The Balaban J connectivity index is 2.58. The third-order valence-corrected chi connectivity index (χ3v) is 2.54. The number of amides is 1. The number of rotatable bonds is 5. The maximum atomic E-state index is 11.7. The quantitative estimate of drug-likeness (QED) is 0.785. The maximum absolute atomic E-state index is 11.7. The Kier molecular flexibility index (Phi) is 4.88. The molecule has 15 heavy (non-hydrogen) atoms. The van der Waals surface area contributed by atoms with Gasteiger partial charge in [-0.2, -0.15) is 0 Å². The lowest BCUT2D eigenvalue weighted by atomic mass is 9.96. The summed E-state index contributed by atoms with van der Waals surface area (Å²) in [5, 5.41) is 2.88. The number of hydrogen-bond acceptors (Lipinski definition) is 1. The molecule has 1 aromatic carbocycles. The smallest absolute Gasteiger partial charge is 0.223 e. The summed E-state index contributed by atoms with van der Waals surface area (Å²) in [6.45, 7) is 4.72. The monoisotopic (exact) mass is 205 g/mol. The highest BCUT2D eigenvalue weighted by Crippen LogP contribution is 2.12. The van der Waals surface area contributed by atoms with Crippen LogP contribution in [0.1, 0.15) is 25.8 Å². The molecule has 0 aliphatic rings. The lowest BCUT2D eigenvalue weighted by Crippen LogP contribution is -2.31. The molecular weight excluding hydrogens is 186 g/mol. The fourth-order valence-electron chi connectivity index (χ4n) is 1.64. The van der Waals surface area contributed by atoms with Gasteiger partial charge in [0.15, 0.2) is 0 Å². The first kappa shape index (κ1) is 11.8. The first-order valence-corrected chi connectivity index (χ1v) is 5.59. The van der Waals surface area contributed by atoms with E-state index in [9.17, 15) is 4.79 Å². The Labute approximate surface area is 91.7 Å². The van der Waals surface area contributed by atoms with Crippen molar-refractivity contribution in [1.29, 1.82) is 0 Å². The molecule has 1 rings (SSSR count). The zero-order valence-corrected chi connectivity index (χ0v) is 9.49. The van der Waals surface area contributed by atoms with E-state index in [4.69, 9.17) is 0 Å². The van der Waals surface area contributed by atoms with Gasteiger partial charge < -0.3 is 5.32 Å². The van der Waals surface area contributed by atoms with Gasteiger partial charge in [0, 0.05) is 12.5 Å². The first-order chi connectivity index (χ1) is 7.27. The summed E-state index contributed by atoms with van der Waals surface area (Å²) < 4.78 is 0. The topological polar surface area (TPSA) is 29.1 Å². The lowest BCUT2D eigenvalue weighted by Gasteiger charge is -2.14. The molecule has 82 valence electrons. The highest BCUT2D eigenvalue weighted by molar-refractivity contribution is 5.78. The number of benzene rings is 1. The van der Waals surface area contributed by atoms with E-state index >= 15 is 0 Å². The Morgan fingerprint density at radius 3 is 2.47 bits per heavy atom. The van der Waals surface area contributed by atoms with Crippen LogP contribution < -0.4 is 5.32 Å². The van der Waals surface area contributed by atoms with Crippen molar-refractivity contribution in [2.45, 2.75) is 26.7 Å². The van der Waals surface area contributed by atoms with E-state index in [0.29, 0.717) is 6.54 Å². The average molecular weight is 205 g/mol. The molecule has 0 fully saturated rings. The molecule has 2 heteroatoms. The molecule has 1 aromatic rings. The summed E-state index contributed by atoms with van der Waals surface area (Å²) in [5.74, 6) is 0.274. The van der Waals surface area contributed by atoms with Gasteiger partial charge in [-0.15, -0.1) is 0 Å². The van der Waals surface area contributed by atoms with Crippen molar-refractivity contribution in [3.8, 4) is 0 Å². The summed E-state index contributed by atoms with van der Waals surface area (Å²) in [6, 6.07) is 10.2. The van der Waals surface area contributed by atoms with Crippen LogP contribution in [0.3, 0.4) is 0 Å². The van der Waals surface area contributed by atoms with Crippen LogP contribution in [0.15, 0.2) is 30.3 Å². The zero-order valence-electron chi connectivity index (χ0n) is 9.49. The molecule has 1 N–H and O–H groups in total. The van der Waals surface area contributed by atoms with Crippen LogP contribution in [0.5, 0.6) is 0 Å². The lowest BCUT2D eigenvalue weighted by molar-refractivity contribution is -0.124. The zero-order chi connectivity index (χ0) is 11.1. The highest BCUT2D eigenvalue weighted by atomic mass is 16.1. The molecule has 0 saturated carbocycles. The minimum absolute atomic E-state index is 0.104. The molecule has 2 nitrogen and oxygen atoms in total. The van der Waals surface area contributed by atoms with Crippen LogP contribution in [0.25, 0.3) is 0 Å². The van der Waals surface area contributed by atoms with E-state index in [0.717, 1.165) is 12.8 Å². The Morgan fingerprint density at radius 2 is 1.93 bits per heavy atom. The molecule has 0 aliphatic heterocycles. The van der Waals surface area contributed by atoms with Crippen molar-refractivity contribution in [3.05, 3.63) is 35.9 Å². The van der Waals surface area contributed by atoms with Gasteiger partial charge >= 0.3 is 0 Å². The largest absolute Gasteiger partial charge is 0.356 e. The fraction of sp³-hybridized carbons (Fsp3) is 0.462. The van der Waals surface area contributed by atoms with Crippen molar-refractivity contribution in [1.82, 2.24) is 5.32 Å². The average Bonchev–Trinajstić information content (AvgIpc) is 2.27. The van der Waals surface area contributed by atoms with E-state index in [2.05, 4.69) is 24.4 Å². The second kappa shape index (κ2) is 6.23. The second-order valence-electron chi connectivity index (χ2n) is 3.69. The van der Waals surface area contributed by atoms with Gasteiger partial charge in [-0.25, -0.2) is 0 Å². The van der Waals surface area contributed by atoms with Crippen LogP contribution in [0.4, 0.5) is 0 Å². The molecule has 0 spiro atoms. The molecule has 0 heterocycles. The number of carbonyl (C=O) groups excluding carboxylic acids is 1. The third kappa shape index (κ3) is 3.74. The van der Waals surface area contributed by atoms with Gasteiger partial charge in [-0.05, 0) is 25.3 Å². The minimum atomic E-state index is 0.104. The number of carbonyl (C=O) groups is 1. The van der Waals surface area contributed by atoms with E-state index in [1.54, 1.807) is 0 Å². The van der Waals surface area contributed by atoms with Crippen molar-refractivity contribution in [2.24, 2.45) is 5.92 Å². The highest BCUT2D eigenvalue weighted by Gasteiger charge is 2.15. The summed E-state index contributed by atoms with van der Waals surface area (Å²) in [5.41, 5.74) is 1.23. The van der Waals surface area contributed by atoms with E-state index in [1.165, 1.54) is 5.56 Å². The van der Waals surface area contributed by atoms with E-state index in [-0.39, 0.29) is 11.8 Å². The molecular formula is C13H19NO. The van der Waals surface area contributed by atoms with E-state index in [1.807, 2.05) is 25.1 Å². The Morgan fingerprint density at radius 1 is 1.27 bits per heavy atom. The van der Waals surface area contributed by atoms with Gasteiger partial charge in [0.05, 0.1) is 0 Å². The Hall–Kier alpha value is -1.31. The molecule has 0 saturated heterocycles. The molecule has 0 bridgehead atoms. The van der Waals surface area contributed by atoms with Crippen molar-refractivity contribution in [3.63, 3.8) is 0 Å². The van der Waals surface area contributed by atoms with Crippen molar-refractivity contribution >= 4 is 5.91 Å². The first-order valence-electron chi connectivity index (χ1n) is 5.59. The van der Waals surface area contributed by atoms with Crippen LogP contribution in [-0.4, -0.2) is 12.5 Å².